The van der Waals surface area contributed by atoms with Crippen molar-refractivity contribution in [2.75, 3.05) is 31.7 Å². The molecular weight excluding hydrogens is 586 g/mol. The second-order valence-electron chi connectivity index (χ2n) is 15.6. The third-order valence-corrected chi connectivity index (χ3v) is 11.2. The summed E-state index contributed by atoms with van der Waals surface area (Å²) < 4.78 is 31.7. The number of benzene rings is 1. The predicted octanol–water partition coefficient (Wildman–Crippen LogP) is 6.07. The molecule has 0 radical (unpaired) electrons. The Bertz CT molecular complexity index is 1540. The molecule has 5 rings (SSSR count). The highest BCUT2D eigenvalue weighted by Gasteiger charge is 2.49. The van der Waals surface area contributed by atoms with E-state index in [0.717, 1.165) is 48.5 Å². The molecule has 2 aromatic rings. The Morgan fingerprint density at radius 2 is 1.69 bits per heavy atom. The summed E-state index contributed by atoms with van der Waals surface area (Å²) in [6.07, 6.45) is 10.8. The number of carbonyl (C=O) groups excluding carboxylic acids is 2. The quantitative estimate of drug-likeness (QED) is 0.328. The number of fused-ring (bicyclic) bond motifs is 2. The van der Waals surface area contributed by atoms with E-state index in [2.05, 4.69) is 48.1 Å². The molecular formula is C36H53N3O5S. The van der Waals surface area contributed by atoms with Gasteiger partial charge in [-0.3, -0.25) is 9.59 Å². The maximum Gasteiger partial charge on any atom is 0.253 e. The smallest absolute Gasteiger partial charge is 0.253 e. The molecule has 9 heteroatoms. The third-order valence-electron chi connectivity index (χ3n) is 10.3. The largest absolute Gasteiger partial charge is 0.493 e. The lowest BCUT2D eigenvalue weighted by molar-refractivity contribution is -0.128. The van der Waals surface area contributed by atoms with E-state index in [1.54, 1.807) is 13.8 Å². The van der Waals surface area contributed by atoms with Gasteiger partial charge >= 0.3 is 0 Å². The zero-order valence-electron chi connectivity index (χ0n) is 28.4. The van der Waals surface area contributed by atoms with Gasteiger partial charge in [-0.1, -0.05) is 40.0 Å². The Balaban J connectivity index is 1.47. The van der Waals surface area contributed by atoms with Crippen molar-refractivity contribution < 1.29 is 22.7 Å². The molecule has 0 saturated heterocycles. The first-order valence-electron chi connectivity index (χ1n) is 16.8. The van der Waals surface area contributed by atoms with Gasteiger partial charge in [0.1, 0.15) is 15.6 Å². The highest BCUT2D eigenvalue weighted by molar-refractivity contribution is 7.90. The number of ether oxygens (including phenoxy) is 1. The molecule has 2 N–H and O–H groups in total. The maximum absolute atomic E-state index is 13.8. The third kappa shape index (κ3) is 7.44. The Hall–Kier alpha value is -2.81. The fourth-order valence-corrected chi connectivity index (χ4v) is 7.55. The predicted molar refractivity (Wildman–Crippen MR) is 180 cm³/mol. The van der Waals surface area contributed by atoms with Gasteiger partial charge in [0.25, 0.3) is 5.91 Å². The Labute approximate surface area is 270 Å². The monoisotopic (exact) mass is 639 g/mol. The van der Waals surface area contributed by atoms with Crippen molar-refractivity contribution in [3.8, 4) is 17.0 Å². The van der Waals surface area contributed by atoms with Gasteiger partial charge in [0.2, 0.25) is 5.91 Å². The second kappa shape index (κ2) is 12.4. The number of nitrogens with zero attached hydrogens (tertiary/aromatic N) is 1. The summed E-state index contributed by atoms with van der Waals surface area (Å²) in [5, 5.41) is 5.73. The van der Waals surface area contributed by atoms with E-state index < -0.39 is 15.3 Å². The van der Waals surface area contributed by atoms with Crippen LogP contribution in [0.4, 0.5) is 0 Å². The standard InChI is InChI=1S/C36H53N3O5S/c1-24-27(32(40)38-23-35(5,6)33(41)37-16-18-45(7,42)43)21-30(39(24)22-25-11-9-8-10-12-25)26-19-28(34(2,3)4)31-29(20-26)36(13-14-36)15-17-44-31/h19-21,25H,8-18,22-23H2,1-7H3,(H,37,41)(H,38,40). The summed E-state index contributed by atoms with van der Waals surface area (Å²) in [7, 11) is -3.18. The summed E-state index contributed by atoms with van der Waals surface area (Å²) in [5.74, 6) is 1.02. The van der Waals surface area contributed by atoms with Crippen molar-refractivity contribution in [2.45, 2.75) is 110 Å². The van der Waals surface area contributed by atoms with Crippen molar-refractivity contribution in [3.63, 3.8) is 0 Å². The van der Waals surface area contributed by atoms with Crippen LogP contribution in [0.5, 0.6) is 5.75 Å². The minimum Gasteiger partial charge on any atom is -0.493 e. The number of rotatable bonds is 10. The molecule has 2 aliphatic carbocycles. The fraction of sp³-hybridized carbons (Fsp3) is 0.667. The van der Waals surface area contributed by atoms with Crippen LogP contribution in [0.2, 0.25) is 0 Å². The van der Waals surface area contributed by atoms with E-state index in [9.17, 15) is 18.0 Å². The molecule has 3 aliphatic rings. The molecule has 1 aromatic heterocycles. The lowest BCUT2D eigenvalue weighted by Crippen LogP contribution is -2.46. The molecule has 8 nitrogen and oxygen atoms in total. The second-order valence-corrected chi connectivity index (χ2v) is 17.9. The van der Waals surface area contributed by atoms with Gasteiger partial charge in [-0.2, -0.15) is 0 Å². The first kappa shape index (κ1) is 33.6. The zero-order valence-corrected chi connectivity index (χ0v) is 29.2. The summed E-state index contributed by atoms with van der Waals surface area (Å²) >= 11 is 0. The Morgan fingerprint density at radius 1 is 1.00 bits per heavy atom. The van der Waals surface area contributed by atoms with Crippen LogP contribution in [0.1, 0.15) is 113 Å². The number of nitrogens with one attached hydrogen (secondary N) is 2. The summed E-state index contributed by atoms with van der Waals surface area (Å²) in [6, 6.07) is 6.68. The van der Waals surface area contributed by atoms with Gasteiger partial charge < -0.3 is 19.9 Å². The number of carbonyl (C=O) groups is 2. The van der Waals surface area contributed by atoms with Crippen LogP contribution in [0.15, 0.2) is 18.2 Å². The number of hydrogen-bond acceptors (Lipinski definition) is 5. The summed E-state index contributed by atoms with van der Waals surface area (Å²) in [5.41, 5.74) is 5.52. The van der Waals surface area contributed by atoms with Crippen molar-refractivity contribution in [2.24, 2.45) is 11.3 Å². The van der Waals surface area contributed by atoms with Crippen molar-refractivity contribution in [1.82, 2.24) is 15.2 Å². The van der Waals surface area contributed by atoms with Gasteiger partial charge in [0.15, 0.2) is 0 Å². The van der Waals surface area contributed by atoms with Gasteiger partial charge in [-0.15, -0.1) is 0 Å². The van der Waals surface area contributed by atoms with Crippen LogP contribution in [0.25, 0.3) is 11.3 Å². The van der Waals surface area contributed by atoms with Crippen molar-refractivity contribution in [3.05, 3.63) is 40.6 Å². The van der Waals surface area contributed by atoms with Gasteiger partial charge in [-0.05, 0) is 88.0 Å². The molecule has 1 spiro atoms. The molecule has 45 heavy (non-hydrogen) atoms. The van der Waals surface area contributed by atoms with E-state index in [1.807, 2.05) is 13.0 Å². The lowest BCUT2D eigenvalue weighted by Gasteiger charge is -2.33. The minimum absolute atomic E-state index is 0.0468. The van der Waals surface area contributed by atoms with Gasteiger partial charge in [0.05, 0.1) is 23.3 Å². The first-order valence-corrected chi connectivity index (χ1v) is 18.8. The van der Waals surface area contributed by atoms with Crippen LogP contribution in [-0.2, 0) is 32.0 Å². The van der Waals surface area contributed by atoms with Crippen LogP contribution < -0.4 is 15.4 Å². The van der Waals surface area contributed by atoms with Crippen molar-refractivity contribution >= 4 is 21.7 Å². The van der Waals surface area contributed by atoms with E-state index in [-0.39, 0.29) is 41.5 Å². The lowest BCUT2D eigenvalue weighted by atomic mass is 9.79. The maximum atomic E-state index is 13.8. The molecule has 1 aliphatic heterocycles. The number of aromatic nitrogens is 1. The number of hydrogen-bond donors (Lipinski definition) is 2. The highest BCUT2D eigenvalue weighted by Crippen LogP contribution is 2.58. The van der Waals surface area contributed by atoms with E-state index >= 15 is 0 Å². The Kier molecular flexibility index (Phi) is 9.26. The molecule has 2 saturated carbocycles. The average Bonchev–Trinajstić information content (AvgIpc) is 3.66. The van der Waals surface area contributed by atoms with E-state index in [0.29, 0.717) is 11.5 Å². The van der Waals surface area contributed by atoms with Crippen LogP contribution in [0, 0.1) is 18.3 Å². The number of amides is 2. The summed E-state index contributed by atoms with van der Waals surface area (Å²) in [6.45, 7) is 14.1. The SMILES string of the molecule is Cc1c(C(=O)NCC(C)(C)C(=O)NCCS(C)(=O)=O)cc(-c2cc(C(C)(C)C)c3c(c2)C2(CCO3)CC2)n1CC1CCCCC1. The molecule has 2 fully saturated rings. The van der Waals surface area contributed by atoms with Gasteiger partial charge in [0, 0.05) is 53.8 Å². The molecule has 1 aromatic carbocycles. The summed E-state index contributed by atoms with van der Waals surface area (Å²) in [4.78, 5) is 26.6. The number of sulfone groups is 1. The van der Waals surface area contributed by atoms with Crippen molar-refractivity contribution in [1.29, 1.82) is 0 Å². The first-order chi connectivity index (χ1) is 21.0. The molecule has 0 atom stereocenters. The Morgan fingerprint density at radius 3 is 2.31 bits per heavy atom. The molecule has 2 heterocycles. The topological polar surface area (TPSA) is 106 Å². The van der Waals surface area contributed by atoms with Crippen LogP contribution >= 0.6 is 0 Å². The fourth-order valence-electron chi connectivity index (χ4n) is 7.08. The zero-order chi connectivity index (χ0) is 32.8. The molecule has 2 amide bonds. The average molecular weight is 640 g/mol. The molecule has 248 valence electrons. The molecule has 0 unspecified atom stereocenters. The van der Waals surface area contributed by atoms with Crippen LogP contribution in [0.3, 0.4) is 0 Å². The minimum atomic E-state index is -3.18. The van der Waals surface area contributed by atoms with E-state index in [1.165, 1.54) is 56.1 Å². The normalized spacial score (nSPS) is 18.3. The van der Waals surface area contributed by atoms with Crippen LogP contribution in [-0.4, -0.2) is 56.5 Å². The molecule has 0 bridgehead atoms. The van der Waals surface area contributed by atoms with Gasteiger partial charge in [-0.25, -0.2) is 8.42 Å². The van der Waals surface area contributed by atoms with E-state index in [4.69, 9.17) is 4.74 Å². The highest BCUT2D eigenvalue weighted by atomic mass is 32.2.